The molecular formula is C14H10F3N5O3. The molecule has 3 aromatic rings. The van der Waals surface area contributed by atoms with Crippen molar-refractivity contribution in [3.05, 3.63) is 51.7 Å². The number of aromatic nitrogens is 4. The fourth-order valence-electron chi connectivity index (χ4n) is 2.32. The summed E-state index contributed by atoms with van der Waals surface area (Å²) in [5.41, 5.74) is -1.56. The highest BCUT2D eigenvalue weighted by Gasteiger charge is 2.35. The third-order valence-corrected chi connectivity index (χ3v) is 3.40. The second-order valence-electron chi connectivity index (χ2n) is 5.10. The van der Waals surface area contributed by atoms with Crippen LogP contribution in [0, 0.1) is 24.0 Å². The van der Waals surface area contributed by atoms with Gasteiger partial charge in [0.25, 0.3) is 5.95 Å². The van der Waals surface area contributed by atoms with Crippen LogP contribution in [-0.4, -0.2) is 24.7 Å². The number of hydrogen-bond donors (Lipinski definition) is 0. The molecule has 0 aromatic carbocycles. The normalized spacial score (nSPS) is 11.7. The quantitative estimate of drug-likeness (QED) is 0.528. The first-order valence-electron chi connectivity index (χ1n) is 6.89. The first-order chi connectivity index (χ1) is 11.7. The molecule has 0 aliphatic rings. The summed E-state index contributed by atoms with van der Waals surface area (Å²) in [6, 6.07) is 3.68. The van der Waals surface area contributed by atoms with E-state index in [0.717, 1.165) is 10.7 Å². The smallest absolute Gasteiger partial charge is 0.433 e. The summed E-state index contributed by atoms with van der Waals surface area (Å²) in [6.07, 6.45) is -3.44. The minimum atomic E-state index is -4.74. The van der Waals surface area contributed by atoms with Crippen LogP contribution < -0.4 is 0 Å². The van der Waals surface area contributed by atoms with Crippen molar-refractivity contribution >= 4 is 5.69 Å². The van der Waals surface area contributed by atoms with E-state index in [9.17, 15) is 23.3 Å². The summed E-state index contributed by atoms with van der Waals surface area (Å²) >= 11 is 0. The molecule has 11 heteroatoms. The van der Waals surface area contributed by atoms with E-state index in [1.54, 1.807) is 0 Å². The molecule has 0 atom stereocenters. The highest BCUT2D eigenvalue weighted by atomic mass is 19.4. The zero-order valence-electron chi connectivity index (χ0n) is 12.9. The molecule has 0 spiro atoms. The Balaban J connectivity index is 2.25. The summed E-state index contributed by atoms with van der Waals surface area (Å²) in [6.45, 7) is 2.73. The molecule has 3 heterocycles. The Morgan fingerprint density at radius 1 is 1.28 bits per heavy atom. The van der Waals surface area contributed by atoms with Crippen molar-refractivity contribution < 1.29 is 22.5 Å². The standard InChI is InChI=1S/C14H10F3N5O3/c1-7-12(22(23)24)8(2)21(20-7)13-18-9(10-4-3-5-25-10)6-11(19-13)14(15,16)17/h3-6H,1-2H3. The van der Waals surface area contributed by atoms with Gasteiger partial charge in [-0.3, -0.25) is 10.1 Å². The number of nitrogens with zero attached hydrogens (tertiary/aromatic N) is 5. The molecule has 0 radical (unpaired) electrons. The monoisotopic (exact) mass is 353 g/mol. The second kappa shape index (κ2) is 5.69. The van der Waals surface area contributed by atoms with Gasteiger partial charge in [0.15, 0.2) is 11.5 Å². The van der Waals surface area contributed by atoms with Gasteiger partial charge in [0.1, 0.15) is 17.1 Å². The lowest BCUT2D eigenvalue weighted by Crippen LogP contribution is -2.14. The zero-order valence-corrected chi connectivity index (χ0v) is 12.9. The minimum Gasteiger partial charge on any atom is -0.463 e. The van der Waals surface area contributed by atoms with Crippen molar-refractivity contribution in [3.63, 3.8) is 0 Å². The SMILES string of the molecule is Cc1nn(-c2nc(-c3ccco3)cc(C(F)(F)F)n2)c(C)c1[N+](=O)[O-]. The van der Waals surface area contributed by atoms with Gasteiger partial charge in [0.2, 0.25) is 0 Å². The summed E-state index contributed by atoms with van der Waals surface area (Å²) in [5, 5.41) is 15.0. The highest BCUT2D eigenvalue weighted by molar-refractivity contribution is 5.54. The Labute approximate surface area is 138 Å². The zero-order chi connectivity index (χ0) is 18.4. The molecule has 0 N–H and O–H groups in total. The van der Waals surface area contributed by atoms with E-state index in [2.05, 4.69) is 15.1 Å². The molecule has 0 unspecified atom stereocenters. The fourth-order valence-corrected chi connectivity index (χ4v) is 2.32. The van der Waals surface area contributed by atoms with Crippen molar-refractivity contribution in [1.82, 2.24) is 19.7 Å². The number of rotatable bonds is 3. The molecule has 3 aromatic heterocycles. The van der Waals surface area contributed by atoms with Crippen LogP contribution in [0.15, 0.2) is 28.9 Å². The predicted octanol–water partition coefficient (Wildman–Crippen LogP) is 3.47. The Morgan fingerprint density at radius 3 is 2.52 bits per heavy atom. The first-order valence-corrected chi connectivity index (χ1v) is 6.89. The van der Waals surface area contributed by atoms with Crippen LogP contribution in [0.3, 0.4) is 0 Å². The molecule has 25 heavy (non-hydrogen) atoms. The molecule has 3 rings (SSSR count). The van der Waals surface area contributed by atoms with E-state index in [0.29, 0.717) is 0 Å². The molecule has 0 bridgehead atoms. The van der Waals surface area contributed by atoms with E-state index < -0.39 is 22.7 Å². The van der Waals surface area contributed by atoms with Gasteiger partial charge in [-0.05, 0) is 32.0 Å². The molecule has 0 saturated heterocycles. The maximum absolute atomic E-state index is 13.2. The van der Waals surface area contributed by atoms with E-state index in [-0.39, 0.29) is 28.5 Å². The van der Waals surface area contributed by atoms with E-state index in [1.165, 1.54) is 32.2 Å². The first kappa shape index (κ1) is 16.6. The lowest BCUT2D eigenvalue weighted by molar-refractivity contribution is -0.386. The van der Waals surface area contributed by atoms with Gasteiger partial charge in [-0.25, -0.2) is 9.97 Å². The summed E-state index contributed by atoms with van der Waals surface area (Å²) in [4.78, 5) is 17.9. The largest absolute Gasteiger partial charge is 0.463 e. The van der Waals surface area contributed by atoms with Crippen LogP contribution in [0.2, 0.25) is 0 Å². The van der Waals surface area contributed by atoms with Crippen LogP contribution in [0.25, 0.3) is 17.4 Å². The van der Waals surface area contributed by atoms with Crippen molar-refractivity contribution in [2.75, 3.05) is 0 Å². The average molecular weight is 353 g/mol. The molecule has 0 aliphatic heterocycles. The van der Waals surface area contributed by atoms with Gasteiger partial charge in [-0.1, -0.05) is 0 Å². The Bertz CT molecular complexity index is 948. The van der Waals surface area contributed by atoms with Crippen LogP contribution in [-0.2, 0) is 6.18 Å². The Hall–Kier alpha value is -3.24. The summed E-state index contributed by atoms with van der Waals surface area (Å²) in [7, 11) is 0. The van der Waals surface area contributed by atoms with Crippen LogP contribution in [0.5, 0.6) is 0 Å². The van der Waals surface area contributed by atoms with Gasteiger partial charge < -0.3 is 4.42 Å². The van der Waals surface area contributed by atoms with E-state index in [4.69, 9.17) is 4.42 Å². The number of furan rings is 1. The molecule has 0 saturated carbocycles. The molecular weight excluding hydrogens is 343 g/mol. The highest BCUT2D eigenvalue weighted by Crippen LogP contribution is 2.32. The van der Waals surface area contributed by atoms with E-state index >= 15 is 0 Å². The lowest BCUT2D eigenvalue weighted by atomic mass is 10.2. The third-order valence-electron chi connectivity index (χ3n) is 3.40. The van der Waals surface area contributed by atoms with Crippen molar-refractivity contribution in [2.45, 2.75) is 20.0 Å². The van der Waals surface area contributed by atoms with Gasteiger partial charge in [-0.2, -0.15) is 23.0 Å². The second-order valence-corrected chi connectivity index (χ2v) is 5.10. The molecule has 0 amide bonds. The van der Waals surface area contributed by atoms with Crippen molar-refractivity contribution in [3.8, 4) is 17.4 Å². The molecule has 0 fully saturated rings. The summed E-state index contributed by atoms with van der Waals surface area (Å²) < 4.78 is 45.5. The van der Waals surface area contributed by atoms with Gasteiger partial charge in [0.05, 0.1) is 11.2 Å². The van der Waals surface area contributed by atoms with Crippen LogP contribution >= 0.6 is 0 Å². The predicted molar refractivity (Wildman–Crippen MR) is 78.0 cm³/mol. The Kier molecular flexibility index (Phi) is 3.78. The van der Waals surface area contributed by atoms with Crippen LogP contribution in [0.1, 0.15) is 17.1 Å². The third kappa shape index (κ3) is 2.95. The maximum Gasteiger partial charge on any atom is 0.433 e. The Morgan fingerprint density at radius 2 is 2.00 bits per heavy atom. The maximum atomic E-state index is 13.2. The van der Waals surface area contributed by atoms with Gasteiger partial charge in [-0.15, -0.1) is 0 Å². The number of aryl methyl sites for hydroxylation is 1. The van der Waals surface area contributed by atoms with Crippen molar-refractivity contribution in [1.29, 1.82) is 0 Å². The lowest BCUT2D eigenvalue weighted by Gasteiger charge is -2.10. The van der Waals surface area contributed by atoms with Gasteiger partial charge >= 0.3 is 11.9 Å². The fraction of sp³-hybridized carbons (Fsp3) is 0.214. The van der Waals surface area contributed by atoms with Crippen LogP contribution in [0.4, 0.5) is 18.9 Å². The molecule has 130 valence electrons. The topological polar surface area (TPSA) is 99.9 Å². The number of halogens is 3. The molecule has 0 aliphatic carbocycles. The summed E-state index contributed by atoms with van der Waals surface area (Å²) in [5.74, 6) is -0.333. The minimum absolute atomic E-state index is 0.0206. The van der Waals surface area contributed by atoms with Crippen molar-refractivity contribution in [2.24, 2.45) is 0 Å². The molecule has 8 nitrogen and oxygen atoms in total. The van der Waals surface area contributed by atoms with E-state index in [1.807, 2.05) is 0 Å². The number of alkyl halides is 3. The average Bonchev–Trinajstić information content (AvgIpc) is 3.14. The number of hydrogen-bond acceptors (Lipinski definition) is 6. The number of nitro groups is 1. The van der Waals surface area contributed by atoms with Gasteiger partial charge in [0, 0.05) is 0 Å².